The number of carbonyl (C=O) groups excluding carboxylic acids is 1. The van der Waals surface area contributed by atoms with Crippen molar-refractivity contribution in [1.82, 2.24) is 0 Å². The molecule has 0 fully saturated rings. The summed E-state index contributed by atoms with van der Waals surface area (Å²) in [6.07, 6.45) is 0.593. The molecule has 4 N–H and O–H groups in total. The normalized spacial score (nSPS) is 12.2. The van der Waals surface area contributed by atoms with Crippen molar-refractivity contribution < 1.29 is 14.7 Å². The average Bonchev–Trinajstić information content (AvgIpc) is 2.33. The summed E-state index contributed by atoms with van der Waals surface area (Å²) in [6.45, 7) is 4.27. The Labute approximate surface area is 123 Å². The lowest BCUT2D eigenvalue weighted by molar-refractivity contribution is -0.141. The molecule has 0 aliphatic heterocycles. The summed E-state index contributed by atoms with van der Waals surface area (Å²) in [5.41, 5.74) is 6.07. The number of aliphatic carboxylic acids is 1. The molecule has 5 nitrogen and oxygen atoms in total. The second kappa shape index (κ2) is 7.14. The van der Waals surface area contributed by atoms with Gasteiger partial charge in [-0.2, -0.15) is 0 Å². The Hall–Kier alpha value is -1.75. The van der Waals surface area contributed by atoms with E-state index in [0.29, 0.717) is 24.6 Å². The maximum Gasteiger partial charge on any atom is 0.308 e. The first-order valence-corrected chi connectivity index (χ1v) is 6.75. The highest BCUT2D eigenvalue weighted by Gasteiger charge is 2.18. The second-order valence-corrected chi connectivity index (χ2v) is 5.51. The van der Waals surface area contributed by atoms with Crippen LogP contribution in [0.15, 0.2) is 18.2 Å². The number of amides is 1. The Morgan fingerprint density at radius 2 is 2.05 bits per heavy atom. The number of carbonyl (C=O) groups is 2. The smallest absolute Gasteiger partial charge is 0.308 e. The highest BCUT2D eigenvalue weighted by atomic mass is 35.5. The number of rotatable bonds is 7. The number of carboxylic acids is 1. The van der Waals surface area contributed by atoms with Crippen LogP contribution in [0.2, 0.25) is 5.02 Å². The number of hydrogen-bond donors (Lipinski definition) is 3. The van der Waals surface area contributed by atoms with E-state index in [1.54, 1.807) is 12.1 Å². The zero-order chi connectivity index (χ0) is 15.3. The van der Waals surface area contributed by atoms with E-state index in [9.17, 15) is 9.59 Å². The first kappa shape index (κ1) is 16.3. The standard InChI is InChI=1S/C14H19ClN2O3/c1-8(2)5-9(14(19)20)7-17-10-3-4-11(13(16)18)12(15)6-10/h3-4,6,8-9,17H,5,7H2,1-2H3,(H2,16,18)(H,19,20). The number of primary amides is 1. The molecule has 1 amide bonds. The van der Waals surface area contributed by atoms with Crippen molar-refractivity contribution in [3.8, 4) is 0 Å². The summed E-state index contributed by atoms with van der Waals surface area (Å²) in [5, 5.41) is 12.4. The average molecular weight is 299 g/mol. The summed E-state index contributed by atoms with van der Waals surface area (Å²) in [6, 6.07) is 4.74. The number of carboxylic acid groups (broad SMARTS) is 1. The first-order chi connectivity index (χ1) is 9.31. The number of halogens is 1. The van der Waals surface area contributed by atoms with Crippen molar-refractivity contribution in [1.29, 1.82) is 0 Å². The van der Waals surface area contributed by atoms with Crippen molar-refractivity contribution in [3.63, 3.8) is 0 Å². The van der Waals surface area contributed by atoms with Crippen LogP contribution in [0.25, 0.3) is 0 Å². The SMILES string of the molecule is CC(C)CC(CNc1ccc(C(N)=O)c(Cl)c1)C(=O)O. The lowest BCUT2D eigenvalue weighted by atomic mass is 9.97. The predicted octanol–water partition coefficient (Wildman–Crippen LogP) is 2.60. The Bertz CT molecular complexity index is 503. The lowest BCUT2D eigenvalue weighted by Gasteiger charge is -2.16. The fourth-order valence-corrected chi connectivity index (χ4v) is 2.18. The minimum atomic E-state index is -0.828. The number of anilines is 1. The fraction of sp³-hybridized carbons (Fsp3) is 0.429. The van der Waals surface area contributed by atoms with Gasteiger partial charge in [-0.25, -0.2) is 0 Å². The summed E-state index contributed by atoms with van der Waals surface area (Å²) < 4.78 is 0. The van der Waals surface area contributed by atoms with Gasteiger partial charge in [-0.1, -0.05) is 25.4 Å². The van der Waals surface area contributed by atoms with Crippen molar-refractivity contribution in [2.24, 2.45) is 17.6 Å². The molecule has 0 aliphatic rings. The van der Waals surface area contributed by atoms with Crippen LogP contribution in [0.4, 0.5) is 5.69 Å². The molecule has 0 radical (unpaired) electrons. The van der Waals surface area contributed by atoms with Gasteiger partial charge in [-0.3, -0.25) is 9.59 Å². The molecule has 1 aromatic rings. The van der Waals surface area contributed by atoms with Crippen LogP contribution in [0.3, 0.4) is 0 Å². The van der Waals surface area contributed by atoms with E-state index in [1.165, 1.54) is 6.07 Å². The maximum atomic E-state index is 11.1. The van der Waals surface area contributed by atoms with Gasteiger partial charge in [-0.05, 0) is 30.5 Å². The van der Waals surface area contributed by atoms with Gasteiger partial charge in [0.05, 0.1) is 16.5 Å². The third kappa shape index (κ3) is 4.74. The lowest BCUT2D eigenvalue weighted by Crippen LogP contribution is -2.24. The van der Waals surface area contributed by atoms with Gasteiger partial charge in [0.2, 0.25) is 5.91 Å². The van der Waals surface area contributed by atoms with E-state index in [0.717, 1.165) is 0 Å². The predicted molar refractivity (Wildman–Crippen MR) is 79.0 cm³/mol. The fourth-order valence-electron chi connectivity index (χ4n) is 1.91. The zero-order valence-corrected chi connectivity index (χ0v) is 12.3. The third-order valence-electron chi connectivity index (χ3n) is 2.89. The van der Waals surface area contributed by atoms with Gasteiger partial charge >= 0.3 is 5.97 Å². The third-order valence-corrected chi connectivity index (χ3v) is 3.21. The summed E-state index contributed by atoms with van der Waals surface area (Å²) in [7, 11) is 0. The first-order valence-electron chi connectivity index (χ1n) is 6.37. The number of nitrogens with one attached hydrogen (secondary N) is 1. The molecule has 0 bridgehead atoms. The molecule has 0 spiro atoms. The summed E-state index contributed by atoms with van der Waals surface area (Å²) in [4.78, 5) is 22.2. The van der Waals surface area contributed by atoms with Crippen LogP contribution in [-0.2, 0) is 4.79 Å². The van der Waals surface area contributed by atoms with Gasteiger partial charge in [0, 0.05) is 12.2 Å². The van der Waals surface area contributed by atoms with Crippen LogP contribution in [0.5, 0.6) is 0 Å². The highest BCUT2D eigenvalue weighted by molar-refractivity contribution is 6.34. The molecule has 0 saturated heterocycles. The van der Waals surface area contributed by atoms with Gasteiger partial charge < -0.3 is 16.2 Å². The molecular weight excluding hydrogens is 280 g/mol. The molecule has 6 heteroatoms. The van der Waals surface area contributed by atoms with E-state index < -0.39 is 17.8 Å². The van der Waals surface area contributed by atoms with Gasteiger partial charge in [0.25, 0.3) is 0 Å². The molecule has 1 atom stereocenters. The van der Waals surface area contributed by atoms with Crippen LogP contribution >= 0.6 is 11.6 Å². The van der Waals surface area contributed by atoms with Crippen molar-refractivity contribution in [2.45, 2.75) is 20.3 Å². The van der Waals surface area contributed by atoms with Crippen molar-refractivity contribution >= 4 is 29.2 Å². The number of nitrogens with two attached hydrogens (primary N) is 1. The Kier molecular flexibility index (Phi) is 5.82. The Morgan fingerprint density at radius 1 is 1.40 bits per heavy atom. The topological polar surface area (TPSA) is 92.4 Å². The Morgan fingerprint density at radius 3 is 2.50 bits per heavy atom. The van der Waals surface area contributed by atoms with Crippen LogP contribution in [-0.4, -0.2) is 23.5 Å². The number of hydrogen-bond acceptors (Lipinski definition) is 3. The van der Waals surface area contributed by atoms with E-state index in [4.69, 9.17) is 22.4 Å². The molecule has 0 aromatic heterocycles. The van der Waals surface area contributed by atoms with Crippen LogP contribution in [0, 0.1) is 11.8 Å². The van der Waals surface area contributed by atoms with Crippen LogP contribution in [0.1, 0.15) is 30.6 Å². The van der Waals surface area contributed by atoms with Gasteiger partial charge in [-0.15, -0.1) is 0 Å². The van der Waals surface area contributed by atoms with Gasteiger partial charge in [0.1, 0.15) is 0 Å². The van der Waals surface area contributed by atoms with E-state index in [2.05, 4.69) is 5.32 Å². The summed E-state index contributed by atoms with van der Waals surface area (Å²) in [5.74, 6) is -1.58. The second-order valence-electron chi connectivity index (χ2n) is 5.10. The molecule has 1 unspecified atom stereocenters. The zero-order valence-electron chi connectivity index (χ0n) is 11.5. The molecule has 0 heterocycles. The molecular formula is C14H19ClN2O3. The number of benzene rings is 1. The highest BCUT2D eigenvalue weighted by Crippen LogP contribution is 2.21. The summed E-state index contributed by atoms with van der Waals surface area (Å²) >= 11 is 5.93. The monoisotopic (exact) mass is 298 g/mol. The minimum Gasteiger partial charge on any atom is -0.481 e. The molecule has 1 rings (SSSR count). The maximum absolute atomic E-state index is 11.1. The molecule has 0 aliphatic carbocycles. The molecule has 110 valence electrons. The van der Waals surface area contributed by atoms with Crippen molar-refractivity contribution in [3.05, 3.63) is 28.8 Å². The molecule has 0 saturated carbocycles. The van der Waals surface area contributed by atoms with E-state index in [1.807, 2.05) is 13.8 Å². The Balaban J connectivity index is 2.71. The molecule has 1 aromatic carbocycles. The quantitative estimate of drug-likeness (QED) is 0.721. The largest absolute Gasteiger partial charge is 0.481 e. The van der Waals surface area contributed by atoms with Crippen molar-refractivity contribution in [2.75, 3.05) is 11.9 Å². The van der Waals surface area contributed by atoms with Gasteiger partial charge in [0.15, 0.2) is 0 Å². The minimum absolute atomic E-state index is 0.245. The van der Waals surface area contributed by atoms with Crippen LogP contribution < -0.4 is 11.1 Å². The van der Waals surface area contributed by atoms with E-state index in [-0.39, 0.29) is 10.6 Å². The molecule has 20 heavy (non-hydrogen) atoms. The van der Waals surface area contributed by atoms with E-state index >= 15 is 0 Å².